The number of carbonyl (C=O) groups excluding carboxylic acids is 1. The molecule has 2 unspecified atom stereocenters. The largest absolute Gasteiger partial charge is 0.393 e. The lowest BCUT2D eigenvalue weighted by Gasteiger charge is -2.14. The minimum atomic E-state index is -0.199. The number of aliphatic hydroxyl groups excluding tert-OH is 1. The summed E-state index contributed by atoms with van der Waals surface area (Å²) in [6.07, 6.45) is 3.43. The molecule has 0 aromatic rings. The number of amides is 1. The Morgan fingerprint density at radius 3 is 2.93 bits per heavy atom. The summed E-state index contributed by atoms with van der Waals surface area (Å²) in [5.41, 5.74) is 0. The first-order valence-electron chi connectivity index (χ1n) is 5.76. The number of thioether (sulfide) groups is 1. The first-order valence-corrected chi connectivity index (χ1v) is 6.92. The second kappa shape index (κ2) is 7.12. The third kappa shape index (κ3) is 4.89. The van der Waals surface area contributed by atoms with Crippen LogP contribution in [0.3, 0.4) is 0 Å². The molecule has 1 rings (SSSR count). The molecular formula is C11H21NO2S. The third-order valence-corrected chi connectivity index (χ3v) is 3.76. The fourth-order valence-electron chi connectivity index (χ4n) is 1.90. The Morgan fingerprint density at radius 2 is 2.33 bits per heavy atom. The van der Waals surface area contributed by atoms with E-state index in [1.165, 1.54) is 0 Å². The van der Waals surface area contributed by atoms with Crippen LogP contribution in [0.25, 0.3) is 0 Å². The van der Waals surface area contributed by atoms with E-state index in [-0.39, 0.29) is 17.9 Å². The normalized spacial score (nSPS) is 25.5. The SMILES string of the molecule is CCSCCC(=O)NCC1CCCC1O. The van der Waals surface area contributed by atoms with Crippen molar-refractivity contribution in [3.05, 3.63) is 0 Å². The lowest BCUT2D eigenvalue weighted by atomic mass is 10.1. The standard InChI is InChI=1S/C11H21NO2S/c1-2-15-7-6-11(14)12-8-9-4-3-5-10(9)13/h9-10,13H,2-8H2,1H3,(H,12,14). The molecule has 0 heterocycles. The second-order valence-electron chi connectivity index (χ2n) is 4.01. The van der Waals surface area contributed by atoms with Crippen LogP contribution in [-0.2, 0) is 4.79 Å². The van der Waals surface area contributed by atoms with E-state index >= 15 is 0 Å². The quantitative estimate of drug-likeness (QED) is 0.680. The van der Waals surface area contributed by atoms with Crippen molar-refractivity contribution in [1.82, 2.24) is 5.32 Å². The zero-order chi connectivity index (χ0) is 11.1. The Kier molecular flexibility index (Phi) is 6.10. The van der Waals surface area contributed by atoms with Gasteiger partial charge in [0, 0.05) is 24.6 Å². The second-order valence-corrected chi connectivity index (χ2v) is 5.40. The highest BCUT2D eigenvalue weighted by molar-refractivity contribution is 7.99. The predicted molar refractivity (Wildman–Crippen MR) is 64.0 cm³/mol. The monoisotopic (exact) mass is 231 g/mol. The van der Waals surface area contributed by atoms with Gasteiger partial charge in [-0.2, -0.15) is 11.8 Å². The molecule has 1 aliphatic rings. The first-order chi connectivity index (χ1) is 7.24. The Bertz CT molecular complexity index is 199. The Labute approximate surface area is 96.0 Å². The Morgan fingerprint density at radius 1 is 1.53 bits per heavy atom. The van der Waals surface area contributed by atoms with Crippen LogP contribution in [0.2, 0.25) is 0 Å². The van der Waals surface area contributed by atoms with E-state index in [0.717, 1.165) is 30.8 Å². The molecule has 2 N–H and O–H groups in total. The van der Waals surface area contributed by atoms with Crippen molar-refractivity contribution in [3.8, 4) is 0 Å². The van der Waals surface area contributed by atoms with Gasteiger partial charge in [0.15, 0.2) is 0 Å². The maximum absolute atomic E-state index is 11.4. The molecule has 2 atom stereocenters. The van der Waals surface area contributed by atoms with Gasteiger partial charge in [0.25, 0.3) is 0 Å². The van der Waals surface area contributed by atoms with Gasteiger partial charge in [-0.3, -0.25) is 4.79 Å². The smallest absolute Gasteiger partial charge is 0.220 e. The van der Waals surface area contributed by atoms with Gasteiger partial charge in [0.1, 0.15) is 0 Å². The summed E-state index contributed by atoms with van der Waals surface area (Å²) in [6, 6.07) is 0. The van der Waals surface area contributed by atoms with E-state index in [1.54, 1.807) is 11.8 Å². The molecule has 4 heteroatoms. The summed E-state index contributed by atoms with van der Waals surface area (Å²) in [7, 11) is 0. The van der Waals surface area contributed by atoms with Crippen LogP contribution < -0.4 is 5.32 Å². The Balaban J connectivity index is 2.05. The molecule has 1 aliphatic carbocycles. The van der Waals surface area contributed by atoms with Crippen molar-refractivity contribution in [2.24, 2.45) is 5.92 Å². The maximum atomic E-state index is 11.4. The molecule has 1 amide bonds. The number of carbonyl (C=O) groups is 1. The van der Waals surface area contributed by atoms with Gasteiger partial charge < -0.3 is 10.4 Å². The molecule has 0 saturated heterocycles. The maximum Gasteiger partial charge on any atom is 0.220 e. The molecule has 0 bridgehead atoms. The van der Waals surface area contributed by atoms with Crippen LogP contribution in [0.1, 0.15) is 32.6 Å². The van der Waals surface area contributed by atoms with E-state index < -0.39 is 0 Å². The van der Waals surface area contributed by atoms with Crippen LogP contribution in [0, 0.1) is 5.92 Å². The van der Waals surface area contributed by atoms with Crippen molar-refractivity contribution in [2.75, 3.05) is 18.1 Å². The lowest BCUT2D eigenvalue weighted by Crippen LogP contribution is -2.32. The van der Waals surface area contributed by atoms with Gasteiger partial charge in [-0.05, 0) is 18.6 Å². The summed E-state index contributed by atoms with van der Waals surface area (Å²) in [5, 5.41) is 12.5. The molecule has 0 aromatic heterocycles. The Hall–Kier alpha value is -0.220. The van der Waals surface area contributed by atoms with E-state index in [0.29, 0.717) is 13.0 Å². The summed E-state index contributed by atoms with van der Waals surface area (Å²) < 4.78 is 0. The van der Waals surface area contributed by atoms with Crippen LogP contribution in [0.5, 0.6) is 0 Å². The number of aliphatic hydroxyl groups is 1. The van der Waals surface area contributed by atoms with Gasteiger partial charge in [0.2, 0.25) is 5.91 Å². The molecule has 0 spiro atoms. The van der Waals surface area contributed by atoms with Crippen LogP contribution in [0.15, 0.2) is 0 Å². The summed E-state index contributed by atoms with van der Waals surface area (Å²) in [6.45, 7) is 2.74. The average Bonchev–Trinajstić information content (AvgIpc) is 2.61. The third-order valence-electron chi connectivity index (χ3n) is 2.86. The number of hydrogen-bond donors (Lipinski definition) is 2. The molecule has 15 heavy (non-hydrogen) atoms. The van der Waals surface area contributed by atoms with E-state index in [2.05, 4.69) is 12.2 Å². The summed E-state index contributed by atoms with van der Waals surface area (Å²) >= 11 is 1.78. The van der Waals surface area contributed by atoms with Gasteiger partial charge in [-0.1, -0.05) is 13.3 Å². The van der Waals surface area contributed by atoms with Crippen LogP contribution >= 0.6 is 11.8 Å². The van der Waals surface area contributed by atoms with Crippen molar-refractivity contribution < 1.29 is 9.90 Å². The van der Waals surface area contributed by atoms with Crippen molar-refractivity contribution in [1.29, 1.82) is 0 Å². The van der Waals surface area contributed by atoms with E-state index in [4.69, 9.17) is 0 Å². The molecule has 1 fully saturated rings. The van der Waals surface area contributed by atoms with Crippen LogP contribution in [0.4, 0.5) is 0 Å². The minimum absolute atomic E-state index is 0.120. The molecular weight excluding hydrogens is 210 g/mol. The molecule has 1 saturated carbocycles. The topological polar surface area (TPSA) is 49.3 Å². The van der Waals surface area contributed by atoms with Gasteiger partial charge in [-0.15, -0.1) is 0 Å². The summed E-state index contributed by atoms with van der Waals surface area (Å²) in [4.78, 5) is 11.4. The predicted octanol–water partition coefficient (Wildman–Crippen LogP) is 1.41. The van der Waals surface area contributed by atoms with E-state index in [9.17, 15) is 9.90 Å². The minimum Gasteiger partial charge on any atom is -0.393 e. The average molecular weight is 231 g/mol. The lowest BCUT2D eigenvalue weighted by molar-refractivity contribution is -0.120. The molecule has 0 radical (unpaired) electrons. The highest BCUT2D eigenvalue weighted by Crippen LogP contribution is 2.24. The van der Waals surface area contributed by atoms with Crippen LogP contribution in [-0.4, -0.2) is 35.2 Å². The highest BCUT2D eigenvalue weighted by atomic mass is 32.2. The fourth-order valence-corrected chi connectivity index (χ4v) is 2.52. The first kappa shape index (κ1) is 12.8. The van der Waals surface area contributed by atoms with Crippen molar-refractivity contribution in [2.45, 2.75) is 38.7 Å². The zero-order valence-electron chi connectivity index (χ0n) is 9.37. The highest BCUT2D eigenvalue weighted by Gasteiger charge is 2.25. The van der Waals surface area contributed by atoms with Gasteiger partial charge in [-0.25, -0.2) is 0 Å². The van der Waals surface area contributed by atoms with Gasteiger partial charge >= 0.3 is 0 Å². The zero-order valence-corrected chi connectivity index (χ0v) is 10.2. The van der Waals surface area contributed by atoms with Gasteiger partial charge in [0.05, 0.1) is 6.10 Å². The van der Waals surface area contributed by atoms with Crippen molar-refractivity contribution >= 4 is 17.7 Å². The fraction of sp³-hybridized carbons (Fsp3) is 0.909. The molecule has 0 aliphatic heterocycles. The molecule has 0 aromatic carbocycles. The van der Waals surface area contributed by atoms with Crippen molar-refractivity contribution in [3.63, 3.8) is 0 Å². The molecule has 88 valence electrons. The number of rotatable bonds is 6. The number of hydrogen-bond acceptors (Lipinski definition) is 3. The molecule has 3 nitrogen and oxygen atoms in total. The summed E-state index contributed by atoms with van der Waals surface area (Å²) in [5.74, 6) is 2.37. The van der Waals surface area contributed by atoms with E-state index in [1.807, 2.05) is 0 Å². The number of nitrogens with one attached hydrogen (secondary N) is 1.